The molecule has 0 radical (unpaired) electrons. The Hall–Kier alpha value is -2.34. The molecule has 1 N–H and O–H groups in total. The largest absolute Gasteiger partial charge is 0.457 e. The molecule has 0 aliphatic carbocycles. The highest BCUT2D eigenvalue weighted by molar-refractivity contribution is 9.10. The standard InChI is InChI=1S/C16H13BrN2O3/c1-9-3-5-11(12(17)7-9)14-6-4-10(22-14)8-13-15(20)19(2)16(21)18-13/h3-8H,1-2H3,(H,18,21)/b13-8-. The molecular formula is C16H13BrN2O3. The van der Waals surface area contributed by atoms with Gasteiger partial charge in [0.1, 0.15) is 17.2 Å². The Labute approximate surface area is 135 Å². The van der Waals surface area contributed by atoms with E-state index in [0.717, 1.165) is 20.5 Å². The van der Waals surface area contributed by atoms with Crippen molar-refractivity contribution in [2.75, 3.05) is 7.05 Å². The van der Waals surface area contributed by atoms with Crippen molar-refractivity contribution in [2.24, 2.45) is 0 Å². The molecule has 22 heavy (non-hydrogen) atoms. The molecule has 0 spiro atoms. The summed E-state index contributed by atoms with van der Waals surface area (Å²) in [7, 11) is 1.43. The van der Waals surface area contributed by atoms with Crippen LogP contribution in [-0.4, -0.2) is 23.9 Å². The van der Waals surface area contributed by atoms with Gasteiger partial charge in [0.25, 0.3) is 5.91 Å². The maximum Gasteiger partial charge on any atom is 0.328 e. The van der Waals surface area contributed by atoms with Gasteiger partial charge in [0.05, 0.1) is 0 Å². The van der Waals surface area contributed by atoms with Crippen LogP contribution in [0.25, 0.3) is 17.4 Å². The lowest BCUT2D eigenvalue weighted by Crippen LogP contribution is -2.25. The predicted molar refractivity (Wildman–Crippen MR) is 85.9 cm³/mol. The Kier molecular flexibility index (Phi) is 3.62. The van der Waals surface area contributed by atoms with Crippen molar-refractivity contribution in [3.05, 3.63) is 51.8 Å². The van der Waals surface area contributed by atoms with E-state index < -0.39 is 6.03 Å². The van der Waals surface area contributed by atoms with Crippen molar-refractivity contribution in [1.29, 1.82) is 0 Å². The van der Waals surface area contributed by atoms with Gasteiger partial charge in [-0.2, -0.15) is 0 Å². The van der Waals surface area contributed by atoms with Gasteiger partial charge in [-0.1, -0.05) is 22.0 Å². The Bertz CT molecular complexity index is 807. The van der Waals surface area contributed by atoms with Gasteiger partial charge in [-0.05, 0) is 36.8 Å². The fourth-order valence-corrected chi connectivity index (χ4v) is 2.85. The summed E-state index contributed by atoms with van der Waals surface area (Å²) in [5.74, 6) is 0.810. The number of likely N-dealkylation sites (N-methyl/N-ethyl adjacent to an activating group) is 1. The molecule has 3 rings (SSSR count). The van der Waals surface area contributed by atoms with Crippen LogP contribution in [0.5, 0.6) is 0 Å². The third-order valence-corrected chi connectivity index (χ3v) is 4.04. The Morgan fingerprint density at radius 3 is 2.64 bits per heavy atom. The predicted octanol–water partition coefficient (Wildman–Crippen LogP) is 3.54. The number of furan rings is 1. The number of carbonyl (C=O) groups is 2. The summed E-state index contributed by atoms with van der Waals surface area (Å²) in [6.07, 6.45) is 1.52. The van der Waals surface area contributed by atoms with E-state index in [9.17, 15) is 9.59 Å². The zero-order valence-corrected chi connectivity index (χ0v) is 13.6. The molecule has 0 unspecified atom stereocenters. The third kappa shape index (κ3) is 2.57. The van der Waals surface area contributed by atoms with Gasteiger partial charge in [0.2, 0.25) is 0 Å². The van der Waals surface area contributed by atoms with Gasteiger partial charge in [0.15, 0.2) is 0 Å². The maximum absolute atomic E-state index is 11.8. The number of amides is 3. The fraction of sp³-hybridized carbons (Fsp3) is 0.125. The van der Waals surface area contributed by atoms with Crippen molar-refractivity contribution < 1.29 is 14.0 Å². The average Bonchev–Trinajstić information content (AvgIpc) is 3.01. The van der Waals surface area contributed by atoms with Crippen molar-refractivity contribution in [3.8, 4) is 11.3 Å². The summed E-state index contributed by atoms with van der Waals surface area (Å²) < 4.78 is 6.68. The summed E-state index contributed by atoms with van der Waals surface area (Å²) in [4.78, 5) is 24.2. The minimum Gasteiger partial charge on any atom is -0.457 e. The number of rotatable bonds is 2. The molecule has 5 nitrogen and oxygen atoms in total. The minimum atomic E-state index is -0.440. The lowest BCUT2D eigenvalue weighted by molar-refractivity contribution is -0.121. The number of aryl methyl sites for hydroxylation is 1. The minimum absolute atomic E-state index is 0.205. The van der Waals surface area contributed by atoms with E-state index in [1.165, 1.54) is 13.1 Å². The van der Waals surface area contributed by atoms with Crippen molar-refractivity contribution in [3.63, 3.8) is 0 Å². The highest BCUT2D eigenvalue weighted by atomic mass is 79.9. The highest BCUT2D eigenvalue weighted by Crippen LogP contribution is 2.31. The maximum atomic E-state index is 11.8. The van der Waals surface area contributed by atoms with Gasteiger partial charge < -0.3 is 9.73 Å². The molecular weight excluding hydrogens is 348 g/mol. The lowest BCUT2D eigenvalue weighted by Gasteiger charge is -2.02. The molecule has 1 fully saturated rings. The first-order valence-corrected chi connectivity index (χ1v) is 7.42. The van der Waals surface area contributed by atoms with E-state index in [2.05, 4.69) is 21.2 Å². The SMILES string of the molecule is Cc1ccc(-c2ccc(/C=C3\NC(=O)N(C)C3=O)o2)c(Br)c1. The van der Waals surface area contributed by atoms with Crippen LogP contribution in [0.2, 0.25) is 0 Å². The quantitative estimate of drug-likeness (QED) is 0.658. The number of nitrogens with one attached hydrogen (secondary N) is 1. The van der Waals surface area contributed by atoms with Gasteiger partial charge in [-0.3, -0.25) is 9.69 Å². The zero-order valence-electron chi connectivity index (χ0n) is 12.0. The number of carbonyl (C=O) groups excluding carboxylic acids is 2. The summed E-state index contributed by atoms with van der Waals surface area (Å²) >= 11 is 3.51. The lowest BCUT2D eigenvalue weighted by atomic mass is 10.1. The first kappa shape index (κ1) is 14.6. The van der Waals surface area contributed by atoms with Gasteiger partial charge in [-0.15, -0.1) is 0 Å². The molecule has 1 saturated heterocycles. The van der Waals surface area contributed by atoms with Crippen LogP contribution in [0.1, 0.15) is 11.3 Å². The van der Waals surface area contributed by atoms with Gasteiger partial charge in [0, 0.05) is 23.2 Å². The van der Waals surface area contributed by atoms with E-state index >= 15 is 0 Å². The van der Waals surface area contributed by atoms with E-state index in [1.54, 1.807) is 6.07 Å². The number of hydrogen-bond donors (Lipinski definition) is 1. The van der Waals surface area contributed by atoms with Gasteiger partial charge in [-0.25, -0.2) is 4.79 Å². The van der Waals surface area contributed by atoms with E-state index in [1.807, 2.05) is 31.2 Å². The molecule has 1 aromatic heterocycles. The number of urea groups is 1. The Morgan fingerprint density at radius 1 is 1.23 bits per heavy atom. The first-order valence-electron chi connectivity index (χ1n) is 6.63. The third-order valence-electron chi connectivity index (χ3n) is 3.38. The highest BCUT2D eigenvalue weighted by Gasteiger charge is 2.30. The number of halogens is 1. The molecule has 2 aromatic rings. The van der Waals surface area contributed by atoms with E-state index in [-0.39, 0.29) is 11.6 Å². The van der Waals surface area contributed by atoms with Gasteiger partial charge >= 0.3 is 6.03 Å². The van der Waals surface area contributed by atoms with Crippen LogP contribution < -0.4 is 5.32 Å². The molecule has 0 saturated carbocycles. The second kappa shape index (κ2) is 5.46. The van der Waals surface area contributed by atoms with Crippen LogP contribution in [0.3, 0.4) is 0 Å². The number of benzene rings is 1. The first-order chi connectivity index (χ1) is 10.5. The van der Waals surface area contributed by atoms with Crippen LogP contribution in [0, 0.1) is 6.92 Å². The summed E-state index contributed by atoms with van der Waals surface area (Å²) in [6, 6.07) is 9.11. The van der Waals surface area contributed by atoms with E-state index in [4.69, 9.17) is 4.42 Å². The summed E-state index contributed by atoms with van der Waals surface area (Å²) in [5.41, 5.74) is 2.28. The van der Waals surface area contributed by atoms with Crippen LogP contribution >= 0.6 is 15.9 Å². The Balaban J connectivity index is 1.92. The molecule has 2 heterocycles. The topological polar surface area (TPSA) is 62.6 Å². The monoisotopic (exact) mass is 360 g/mol. The summed E-state index contributed by atoms with van der Waals surface area (Å²) in [6.45, 7) is 2.01. The van der Waals surface area contributed by atoms with Crippen LogP contribution in [-0.2, 0) is 4.79 Å². The van der Waals surface area contributed by atoms with E-state index in [0.29, 0.717) is 11.5 Å². The second-order valence-electron chi connectivity index (χ2n) is 5.04. The Morgan fingerprint density at radius 2 is 2.00 bits per heavy atom. The fourth-order valence-electron chi connectivity index (χ4n) is 2.16. The average molecular weight is 361 g/mol. The number of hydrogen-bond acceptors (Lipinski definition) is 3. The molecule has 0 bridgehead atoms. The molecule has 6 heteroatoms. The molecule has 1 aliphatic heterocycles. The van der Waals surface area contributed by atoms with Crippen molar-refractivity contribution in [1.82, 2.24) is 10.2 Å². The van der Waals surface area contributed by atoms with Crippen molar-refractivity contribution >= 4 is 33.9 Å². The molecule has 112 valence electrons. The van der Waals surface area contributed by atoms with Crippen LogP contribution in [0.15, 0.2) is 44.9 Å². The second-order valence-corrected chi connectivity index (χ2v) is 5.89. The normalized spacial score (nSPS) is 16.5. The molecule has 1 aliphatic rings. The van der Waals surface area contributed by atoms with Crippen LogP contribution in [0.4, 0.5) is 4.79 Å². The smallest absolute Gasteiger partial charge is 0.328 e. The molecule has 3 amide bonds. The zero-order chi connectivity index (χ0) is 15.9. The molecule has 1 aromatic carbocycles. The van der Waals surface area contributed by atoms with Crippen molar-refractivity contribution in [2.45, 2.75) is 6.92 Å². The molecule has 0 atom stereocenters. The summed E-state index contributed by atoms with van der Waals surface area (Å²) in [5, 5.41) is 2.50. The number of imide groups is 1. The number of nitrogens with zero attached hydrogens (tertiary/aromatic N) is 1.